The minimum atomic E-state index is -1.23. The number of imidazole rings is 1. The van der Waals surface area contributed by atoms with Gasteiger partial charge in [-0.1, -0.05) is 30.3 Å². The van der Waals surface area contributed by atoms with E-state index in [-0.39, 0.29) is 43.7 Å². The van der Waals surface area contributed by atoms with Crippen LogP contribution >= 0.6 is 0 Å². The van der Waals surface area contributed by atoms with Gasteiger partial charge in [-0.3, -0.25) is 24.3 Å². The van der Waals surface area contributed by atoms with Crippen molar-refractivity contribution < 1.29 is 19.1 Å². The highest BCUT2D eigenvalue weighted by atomic mass is 16.5. The van der Waals surface area contributed by atoms with Crippen LogP contribution in [0.15, 0.2) is 67.3 Å². The van der Waals surface area contributed by atoms with Gasteiger partial charge in [-0.05, 0) is 24.1 Å². The SMILES string of the molecule is CN(Cc1ncc[nH]1)C(=O)C[C@@]1(c2ccccc2)CC(=O)N(CCCOc2cccnc2)C1=O. The second kappa shape index (κ2) is 10.3. The molecule has 0 unspecified atom stereocenters. The maximum atomic E-state index is 13.6. The summed E-state index contributed by atoms with van der Waals surface area (Å²) in [5.74, 6) is 0.420. The quantitative estimate of drug-likeness (QED) is 0.367. The van der Waals surface area contributed by atoms with Crippen LogP contribution in [0, 0.1) is 0 Å². The highest BCUT2D eigenvalue weighted by molar-refractivity contribution is 6.10. The summed E-state index contributed by atoms with van der Waals surface area (Å²) >= 11 is 0. The molecule has 3 heterocycles. The van der Waals surface area contributed by atoms with Crippen LogP contribution in [-0.2, 0) is 26.3 Å². The number of aromatic nitrogens is 3. The number of rotatable bonds is 10. The fraction of sp³-hybridized carbons (Fsp3) is 0.320. The molecule has 9 heteroatoms. The maximum Gasteiger partial charge on any atom is 0.240 e. The number of benzene rings is 1. The van der Waals surface area contributed by atoms with E-state index in [9.17, 15) is 14.4 Å². The van der Waals surface area contributed by atoms with E-state index in [2.05, 4.69) is 15.0 Å². The molecule has 1 aliphatic rings. The van der Waals surface area contributed by atoms with Crippen LogP contribution in [0.5, 0.6) is 5.75 Å². The van der Waals surface area contributed by atoms with Crippen LogP contribution in [0.4, 0.5) is 0 Å². The van der Waals surface area contributed by atoms with Crippen molar-refractivity contribution in [3.05, 3.63) is 78.6 Å². The highest BCUT2D eigenvalue weighted by Crippen LogP contribution is 2.40. The van der Waals surface area contributed by atoms with Crippen molar-refractivity contribution in [3.63, 3.8) is 0 Å². The number of aromatic amines is 1. The van der Waals surface area contributed by atoms with Gasteiger partial charge in [-0.2, -0.15) is 0 Å². The first-order valence-corrected chi connectivity index (χ1v) is 11.1. The molecule has 3 aromatic rings. The highest BCUT2D eigenvalue weighted by Gasteiger charge is 2.53. The molecule has 1 aliphatic heterocycles. The lowest BCUT2D eigenvalue weighted by molar-refractivity contribution is -0.142. The molecule has 3 amide bonds. The van der Waals surface area contributed by atoms with Crippen LogP contribution in [-0.4, -0.2) is 62.7 Å². The Hall–Kier alpha value is -4.01. The van der Waals surface area contributed by atoms with Crippen molar-refractivity contribution in [2.75, 3.05) is 20.2 Å². The number of pyridine rings is 1. The zero-order chi connectivity index (χ0) is 24.0. The second-order valence-electron chi connectivity index (χ2n) is 8.33. The van der Waals surface area contributed by atoms with Crippen LogP contribution in [0.2, 0.25) is 0 Å². The molecular weight excluding hydrogens is 434 g/mol. The molecule has 1 N–H and O–H groups in total. The third-order valence-electron chi connectivity index (χ3n) is 5.98. The molecule has 0 saturated carbocycles. The minimum absolute atomic E-state index is 0.0420. The molecule has 4 rings (SSSR count). The van der Waals surface area contributed by atoms with Gasteiger partial charge in [0, 0.05) is 45.0 Å². The number of hydrogen-bond donors (Lipinski definition) is 1. The molecule has 1 atom stereocenters. The summed E-state index contributed by atoms with van der Waals surface area (Å²) in [7, 11) is 1.67. The van der Waals surface area contributed by atoms with Gasteiger partial charge in [0.15, 0.2) is 0 Å². The summed E-state index contributed by atoms with van der Waals surface area (Å²) in [6.45, 7) is 0.850. The number of nitrogens with one attached hydrogen (secondary N) is 1. The molecule has 0 bridgehead atoms. The summed E-state index contributed by atoms with van der Waals surface area (Å²) in [6, 6.07) is 12.7. The molecule has 1 saturated heterocycles. The monoisotopic (exact) mass is 461 g/mol. The molecule has 176 valence electrons. The van der Waals surface area contributed by atoms with E-state index >= 15 is 0 Å². The lowest BCUT2D eigenvalue weighted by Gasteiger charge is -2.29. The number of carbonyl (C=O) groups is 3. The molecule has 1 aromatic carbocycles. The molecular formula is C25H27N5O4. The Kier molecular flexibility index (Phi) is 7.01. The normalized spacial score (nSPS) is 17.7. The van der Waals surface area contributed by atoms with E-state index in [4.69, 9.17) is 4.74 Å². The Morgan fingerprint density at radius 1 is 1.18 bits per heavy atom. The average molecular weight is 462 g/mol. The van der Waals surface area contributed by atoms with E-state index in [1.54, 1.807) is 56.1 Å². The predicted molar refractivity (Wildman–Crippen MR) is 123 cm³/mol. The van der Waals surface area contributed by atoms with Crippen molar-refractivity contribution in [1.29, 1.82) is 0 Å². The molecule has 0 spiro atoms. The van der Waals surface area contributed by atoms with E-state index in [1.165, 1.54) is 9.80 Å². The molecule has 0 aliphatic carbocycles. The number of likely N-dealkylation sites (tertiary alicyclic amines) is 1. The Bertz CT molecular complexity index is 1120. The molecule has 0 radical (unpaired) electrons. The van der Waals surface area contributed by atoms with Crippen LogP contribution in [0.3, 0.4) is 0 Å². The minimum Gasteiger partial charge on any atom is -0.492 e. The van der Waals surface area contributed by atoms with Gasteiger partial charge >= 0.3 is 0 Å². The molecule has 2 aromatic heterocycles. The lowest BCUT2D eigenvalue weighted by Crippen LogP contribution is -2.43. The van der Waals surface area contributed by atoms with E-state index in [0.29, 0.717) is 30.2 Å². The summed E-state index contributed by atoms with van der Waals surface area (Å²) < 4.78 is 5.64. The largest absolute Gasteiger partial charge is 0.492 e. The molecule has 34 heavy (non-hydrogen) atoms. The number of carbonyl (C=O) groups excluding carboxylic acids is 3. The second-order valence-corrected chi connectivity index (χ2v) is 8.33. The van der Waals surface area contributed by atoms with Gasteiger partial charge in [0.2, 0.25) is 17.7 Å². The standard InChI is InChI=1S/C25H27N5O4/c1-29(18-21-27-11-12-28-21)22(31)15-25(19-7-3-2-4-8-19)16-23(32)30(24(25)33)13-6-14-34-20-9-5-10-26-17-20/h2-5,7-12,17H,6,13-16,18H2,1H3,(H,27,28)/t25-/m0/s1. The van der Waals surface area contributed by atoms with Crippen molar-refractivity contribution in [3.8, 4) is 5.75 Å². The van der Waals surface area contributed by atoms with Gasteiger partial charge in [0.25, 0.3) is 0 Å². The number of hydrogen-bond acceptors (Lipinski definition) is 6. The number of H-pyrrole nitrogens is 1. The van der Waals surface area contributed by atoms with Crippen molar-refractivity contribution in [1.82, 2.24) is 24.8 Å². The van der Waals surface area contributed by atoms with Crippen molar-refractivity contribution >= 4 is 17.7 Å². The summed E-state index contributed by atoms with van der Waals surface area (Å²) in [5.41, 5.74) is -0.556. The number of nitrogens with zero attached hydrogens (tertiary/aromatic N) is 4. The first-order valence-electron chi connectivity index (χ1n) is 11.1. The number of ether oxygens (including phenoxy) is 1. The van der Waals surface area contributed by atoms with Gasteiger partial charge in [0.1, 0.15) is 11.6 Å². The maximum absolute atomic E-state index is 13.6. The van der Waals surface area contributed by atoms with Gasteiger partial charge < -0.3 is 14.6 Å². The lowest BCUT2D eigenvalue weighted by atomic mass is 9.75. The Morgan fingerprint density at radius 3 is 2.71 bits per heavy atom. The number of imide groups is 1. The van der Waals surface area contributed by atoms with E-state index in [1.807, 2.05) is 18.2 Å². The predicted octanol–water partition coefficient (Wildman–Crippen LogP) is 2.32. The summed E-state index contributed by atoms with van der Waals surface area (Å²) in [5, 5.41) is 0. The van der Waals surface area contributed by atoms with Crippen molar-refractivity contribution in [2.24, 2.45) is 0 Å². The number of amides is 3. The van der Waals surface area contributed by atoms with Crippen molar-refractivity contribution in [2.45, 2.75) is 31.2 Å². The van der Waals surface area contributed by atoms with Crippen LogP contribution in [0.25, 0.3) is 0 Å². The Morgan fingerprint density at radius 2 is 2.00 bits per heavy atom. The van der Waals surface area contributed by atoms with Crippen LogP contribution < -0.4 is 4.74 Å². The van der Waals surface area contributed by atoms with Gasteiger partial charge in [0.05, 0.1) is 24.8 Å². The fourth-order valence-corrected chi connectivity index (χ4v) is 4.19. The average Bonchev–Trinajstić information content (AvgIpc) is 3.45. The Balaban J connectivity index is 1.47. The first-order chi connectivity index (χ1) is 16.5. The topological polar surface area (TPSA) is 108 Å². The van der Waals surface area contributed by atoms with E-state index in [0.717, 1.165) is 0 Å². The zero-order valence-electron chi connectivity index (χ0n) is 19.0. The molecule has 9 nitrogen and oxygen atoms in total. The summed E-state index contributed by atoms with van der Waals surface area (Å²) in [4.78, 5) is 53.7. The van der Waals surface area contributed by atoms with Crippen LogP contribution in [0.1, 0.15) is 30.7 Å². The van der Waals surface area contributed by atoms with E-state index < -0.39 is 5.41 Å². The smallest absolute Gasteiger partial charge is 0.240 e. The summed E-state index contributed by atoms with van der Waals surface area (Å²) in [6.07, 6.45) is 6.91. The third kappa shape index (κ3) is 4.98. The Labute approximate surface area is 197 Å². The third-order valence-corrected chi connectivity index (χ3v) is 5.98. The first kappa shape index (κ1) is 23.2. The van der Waals surface area contributed by atoms with Gasteiger partial charge in [-0.15, -0.1) is 0 Å². The fourth-order valence-electron chi connectivity index (χ4n) is 4.19. The van der Waals surface area contributed by atoms with Gasteiger partial charge in [-0.25, -0.2) is 4.98 Å². The molecule has 1 fully saturated rings. The zero-order valence-corrected chi connectivity index (χ0v) is 19.0.